The molecule has 1 heterocycles. The molecule has 0 spiro atoms. The van der Waals surface area contributed by atoms with E-state index in [1.54, 1.807) is 11.8 Å². The van der Waals surface area contributed by atoms with Crippen molar-refractivity contribution in [1.29, 1.82) is 0 Å². The van der Waals surface area contributed by atoms with Gasteiger partial charge in [0, 0.05) is 4.75 Å². The van der Waals surface area contributed by atoms with Crippen molar-refractivity contribution in [3.8, 4) is 0 Å². The maximum absolute atomic E-state index is 10.8. The van der Waals surface area contributed by atoms with E-state index in [0.717, 1.165) is 18.7 Å². The lowest BCUT2D eigenvalue weighted by Gasteiger charge is -2.28. The summed E-state index contributed by atoms with van der Waals surface area (Å²) in [5, 5.41) is 12.0. The van der Waals surface area contributed by atoms with Crippen molar-refractivity contribution in [3.05, 3.63) is 0 Å². The number of hydrogen-bond donors (Lipinski definition) is 2. The van der Waals surface area contributed by atoms with Crippen LogP contribution >= 0.6 is 11.8 Å². The fourth-order valence-electron chi connectivity index (χ4n) is 1.37. The molecule has 1 aliphatic heterocycles. The molecule has 12 heavy (non-hydrogen) atoms. The van der Waals surface area contributed by atoms with Crippen LogP contribution < -0.4 is 5.32 Å². The lowest BCUT2D eigenvalue weighted by Crippen LogP contribution is -2.49. The molecule has 0 amide bonds. The first kappa shape index (κ1) is 9.86. The number of carboxylic acid groups (broad SMARTS) is 1. The smallest absolute Gasteiger partial charge is 0.322 e. The zero-order valence-corrected chi connectivity index (χ0v) is 8.28. The number of hydrogen-bond acceptors (Lipinski definition) is 3. The predicted molar refractivity (Wildman–Crippen MR) is 50.6 cm³/mol. The molecule has 0 bridgehead atoms. The van der Waals surface area contributed by atoms with Crippen LogP contribution in [0.2, 0.25) is 0 Å². The normalized spacial score (nSPS) is 29.3. The van der Waals surface area contributed by atoms with Gasteiger partial charge in [-0.2, -0.15) is 11.8 Å². The Morgan fingerprint density at radius 2 is 2.33 bits per heavy atom. The third kappa shape index (κ3) is 2.14. The molecule has 0 aromatic carbocycles. The molecule has 3 nitrogen and oxygen atoms in total. The van der Waals surface area contributed by atoms with Crippen LogP contribution in [0, 0.1) is 0 Å². The van der Waals surface area contributed by atoms with E-state index in [4.69, 9.17) is 5.11 Å². The first-order valence-corrected chi connectivity index (χ1v) is 5.13. The summed E-state index contributed by atoms with van der Waals surface area (Å²) in [6.07, 6.45) is 1.05. The van der Waals surface area contributed by atoms with Crippen LogP contribution in [0.4, 0.5) is 0 Å². The van der Waals surface area contributed by atoms with E-state index < -0.39 is 12.0 Å². The second kappa shape index (κ2) is 3.66. The highest BCUT2D eigenvalue weighted by Gasteiger charge is 2.36. The quantitative estimate of drug-likeness (QED) is 0.644. The van der Waals surface area contributed by atoms with Crippen LogP contribution in [0.3, 0.4) is 0 Å². The Kier molecular flexibility index (Phi) is 3.01. The minimum Gasteiger partial charge on any atom is -0.480 e. The summed E-state index contributed by atoms with van der Waals surface area (Å²) >= 11 is 1.73. The fraction of sp³-hybridized carbons (Fsp3) is 0.875. The summed E-state index contributed by atoms with van der Waals surface area (Å²) in [5.74, 6) is 0.304. The number of rotatable bonds is 1. The molecule has 0 aromatic heterocycles. The minimum atomic E-state index is -0.741. The molecule has 1 rings (SSSR count). The Hall–Kier alpha value is -0.220. The summed E-state index contributed by atoms with van der Waals surface area (Å²) < 4.78 is -0.192. The van der Waals surface area contributed by atoms with Gasteiger partial charge in [-0.05, 0) is 32.6 Å². The van der Waals surface area contributed by atoms with Gasteiger partial charge in [-0.1, -0.05) is 0 Å². The van der Waals surface area contributed by atoms with E-state index in [1.807, 2.05) is 13.8 Å². The Bertz CT molecular complexity index is 182. The van der Waals surface area contributed by atoms with Gasteiger partial charge in [0.2, 0.25) is 0 Å². The maximum atomic E-state index is 10.8. The molecule has 1 atom stereocenters. The third-order valence-electron chi connectivity index (χ3n) is 2.09. The average molecular weight is 189 g/mol. The maximum Gasteiger partial charge on any atom is 0.322 e. The van der Waals surface area contributed by atoms with Gasteiger partial charge < -0.3 is 10.4 Å². The zero-order chi connectivity index (χ0) is 9.19. The topological polar surface area (TPSA) is 49.3 Å². The van der Waals surface area contributed by atoms with Crippen LogP contribution in [-0.4, -0.2) is 34.2 Å². The van der Waals surface area contributed by atoms with E-state index in [9.17, 15) is 4.79 Å². The van der Waals surface area contributed by atoms with Crippen LogP contribution in [0.1, 0.15) is 20.3 Å². The van der Waals surface area contributed by atoms with E-state index in [-0.39, 0.29) is 4.75 Å². The molecule has 0 saturated carbocycles. The highest BCUT2D eigenvalue weighted by molar-refractivity contribution is 8.00. The van der Waals surface area contributed by atoms with Crippen LogP contribution in [0.5, 0.6) is 0 Å². The highest BCUT2D eigenvalue weighted by Crippen LogP contribution is 2.30. The molecule has 1 saturated heterocycles. The highest BCUT2D eigenvalue weighted by atomic mass is 32.2. The largest absolute Gasteiger partial charge is 0.480 e. The van der Waals surface area contributed by atoms with Crippen molar-refractivity contribution in [2.75, 3.05) is 12.3 Å². The van der Waals surface area contributed by atoms with Gasteiger partial charge >= 0.3 is 5.97 Å². The number of aliphatic carboxylic acids is 1. The van der Waals surface area contributed by atoms with Crippen molar-refractivity contribution < 1.29 is 9.90 Å². The molecular formula is C8H15NO2S. The predicted octanol–water partition coefficient (Wildman–Crippen LogP) is 0.945. The standard InChI is InChI=1S/C8H15NO2S/c1-8(2)6(7(10)11)9-4-3-5-12-8/h6,9H,3-5H2,1-2H3,(H,10,11). The Labute approximate surface area is 76.9 Å². The third-order valence-corrected chi connectivity index (χ3v) is 3.56. The summed E-state index contributed by atoms with van der Waals surface area (Å²) in [6, 6.07) is -0.412. The van der Waals surface area contributed by atoms with E-state index in [0.29, 0.717) is 0 Å². The molecule has 0 radical (unpaired) electrons. The van der Waals surface area contributed by atoms with Gasteiger partial charge in [0.15, 0.2) is 0 Å². The van der Waals surface area contributed by atoms with Crippen molar-refractivity contribution in [3.63, 3.8) is 0 Å². The number of carboxylic acids is 1. The second-order valence-electron chi connectivity index (χ2n) is 3.53. The number of nitrogens with one attached hydrogen (secondary N) is 1. The molecule has 0 aromatic rings. The molecule has 1 aliphatic rings. The van der Waals surface area contributed by atoms with E-state index in [1.165, 1.54) is 0 Å². The van der Waals surface area contributed by atoms with Crippen molar-refractivity contribution in [2.45, 2.75) is 31.1 Å². The van der Waals surface area contributed by atoms with Gasteiger partial charge in [-0.25, -0.2) is 0 Å². The molecule has 1 unspecified atom stereocenters. The van der Waals surface area contributed by atoms with Gasteiger partial charge in [0.05, 0.1) is 0 Å². The fourth-order valence-corrected chi connectivity index (χ4v) is 2.53. The Morgan fingerprint density at radius 3 is 2.92 bits per heavy atom. The van der Waals surface area contributed by atoms with Crippen LogP contribution in [-0.2, 0) is 4.79 Å². The van der Waals surface area contributed by atoms with Gasteiger partial charge in [0.1, 0.15) is 6.04 Å². The minimum absolute atomic E-state index is 0.192. The van der Waals surface area contributed by atoms with Crippen molar-refractivity contribution >= 4 is 17.7 Å². The molecule has 4 heteroatoms. The first-order valence-electron chi connectivity index (χ1n) is 4.14. The monoisotopic (exact) mass is 189 g/mol. The van der Waals surface area contributed by atoms with Crippen LogP contribution in [0.25, 0.3) is 0 Å². The van der Waals surface area contributed by atoms with E-state index >= 15 is 0 Å². The summed E-state index contributed by atoms with van der Waals surface area (Å²) in [4.78, 5) is 10.8. The Morgan fingerprint density at radius 1 is 1.67 bits per heavy atom. The summed E-state index contributed by atoms with van der Waals surface area (Å²) in [6.45, 7) is 4.77. The Balaban J connectivity index is 2.71. The van der Waals surface area contributed by atoms with Crippen molar-refractivity contribution in [2.24, 2.45) is 0 Å². The lowest BCUT2D eigenvalue weighted by atomic mass is 10.0. The molecule has 0 aliphatic carbocycles. The van der Waals surface area contributed by atoms with Crippen LogP contribution in [0.15, 0.2) is 0 Å². The SMILES string of the molecule is CC1(C)SCCCNC1C(=O)O. The number of carbonyl (C=O) groups is 1. The summed E-state index contributed by atoms with van der Waals surface area (Å²) in [7, 11) is 0. The lowest BCUT2D eigenvalue weighted by molar-refractivity contribution is -0.140. The zero-order valence-electron chi connectivity index (χ0n) is 7.46. The average Bonchev–Trinajstić information content (AvgIpc) is 2.09. The van der Waals surface area contributed by atoms with Gasteiger partial charge in [-0.3, -0.25) is 4.79 Å². The van der Waals surface area contributed by atoms with Crippen molar-refractivity contribution in [1.82, 2.24) is 5.32 Å². The van der Waals surface area contributed by atoms with E-state index in [2.05, 4.69) is 5.32 Å². The molecule has 2 N–H and O–H groups in total. The first-order chi connectivity index (χ1) is 5.54. The molecule has 1 fully saturated rings. The molecule has 70 valence electrons. The molecular weight excluding hydrogens is 174 g/mol. The number of thioether (sulfide) groups is 1. The summed E-state index contributed by atoms with van der Waals surface area (Å²) in [5.41, 5.74) is 0. The van der Waals surface area contributed by atoms with Gasteiger partial charge in [-0.15, -0.1) is 0 Å². The second-order valence-corrected chi connectivity index (χ2v) is 5.28. The van der Waals surface area contributed by atoms with Gasteiger partial charge in [0.25, 0.3) is 0 Å².